The minimum absolute atomic E-state index is 0.0880. The molecule has 19 heavy (non-hydrogen) atoms. The predicted octanol–water partition coefficient (Wildman–Crippen LogP) is 4.34. The second-order valence-corrected chi connectivity index (χ2v) is 8.23. The van der Waals surface area contributed by atoms with Crippen molar-refractivity contribution in [1.29, 1.82) is 0 Å². The average Bonchev–Trinajstić information content (AvgIpc) is 2.30. The zero-order valence-corrected chi connectivity index (χ0v) is 12.6. The van der Waals surface area contributed by atoms with Crippen LogP contribution in [0.25, 0.3) is 0 Å². The van der Waals surface area contributed by atoms with Crippen molar-refractivity contribution >= 4 is 5.97 Å². The Hall–Kier alpha value is -0.530. The number of hydrogen-bond acceptors (Lipinski definition) is 1. The van der Waals surface area contributed by atoms with E-state index in [0.29, 0.717) is 5.41 Å². The normalized spacial score (nSPS) is 49.3. The van der Waals surface area contributed by atoms with E-state index in [1.807, 2.05) is 0 Å². The van der Waals surface area contributed by atoms with E-state index in [4.69, 9.17) is 0 Å². The van der Waals surface area contributed by atoms with Gasteiger partial charge in [-0.1, -0.05) is 27.2 Å². The fourth-order valence-electron chi connectivity index (χ4n) is 6.28. The van der Waals surface area contributed by atoms with E-state index in [0.717, 1.165) is 30.6 Å². The van der Waals surface area contributed by atoms with Gasteiger partial charge in [0.2, 0.25) is 0 Å². The lowest BCUT2D eigenvalue weighted by Crippen LogP contribution is -2.57. The van der Waals surface area contributed by atoms with Crippen LogP contribution in [0.1, 0.15) is 65.7 Å². The number of carboxylic acid groups (broad SMARTS) is 1. The number of carboxylic acids is 1. The molecule has 0 aromatic rings. The van der Waals surface area contributed by atoms with E-state index in [9.17, 15) is 9.90 Å². The van der Waals surface area contributed by atoms with Crippen molar-refractivity contribution in [3.63, 3.8) is 0 Å². The molecule has 108 valence electrons. The summed E-state index contributed by atoms with van der Waals surface area (Å²) < 4.78 is 0. The lowest BCUT2D eigenvalue weighted by molar-refractivity contribution is -0.177. The van der Waals surface area contributed by atoms with Crippen molar-refractivity contribution in [1.82, 2.24) is 0 Å². The summed E-state index contributed by atoms with van der Waals surface area (Å²) in [6, 6.07) is 0. The average molecular weight is 264 g/mol. The van der Waals surface area contributed by atoms with Gasteiger partial charge < -0.3 is 5.11 Å². The van der Waals surface area contributed by atoms with E-state index in [1.54, 1.807) is 0 Å². The van der Waals surface area contributed by atoms with Gasteiger partial charge in [-0.3, -0.25) is 4.79 Å². The largest absolute Gasteiger partial charge is 0.481 e. The molecule has 0 saturated heterocycles. The van der Waals surface area contributed by atoms with Crippen LogP contribution in [-0.4, -0.2) is 11.1 Å². The van der Waals surface area contributed by atoms with Crippen LogP contribution in [-0.2, 0) is 4.79 Å². The lowest BCUT2D eigenvalue weighted by atomic mass is 9.39. The standard InChI is InChI=1S/C17H28O2/c1-4-5-14(15(18)19)17-8-12-6-16(3,10-17)7-13(9-17)11(12)2/h11-14H,4-10H2,1-3H3,(H,18,19). The van der Waals surface area contributed by atoms with Gasteiger partial charge in [0, 0.05) is 0 Å². The zero-order valence-electron chi connectivity index (χ0n) is 12.6. The van der Waals surface area contributed by atoms with Gasteiger partial charge in [0.25, 0.3) is 0 Å². The third-order valence-corrected chi connectivity index (χ3v) is 6.73. The summed E-state index contributed by atoms with van der Waals surface area (Å²) in [4.78, 5) is 11.8. The quantitative estimate of drug-likeness (QED) is 0.820. The van der Waals surface area contributed by atoms with Crippen LogP contribution >= 0.6 is 0 Å². The monoisotopic (exact) mass is 264 g/mol. The van der Waals surface area contributed by atoms with Gasteiger partial charge >= 0.3 is 5.97 Å². The Balaban J connectivity index is 1.94. The van der Waals surface area contributed by atoms with Crippen LogP contribution in [0.2, 0.25) is 0 Å². The molecule has 3 unspecified atom stereocenters. The first-order valence-electron chi connectivity index (χ1n) is 8.12. The highest BCUT2D eigenvalue weighted by Gasteiger charge is 2.61. The van der Waals surface area contributed by atoms with Crippen molar-refractivity contribution < 1.29 is 9.90 Å². The first-order valence-corrected chi connectivity index (χ1v) is 8.12. The molecule has 4 saturated carbocycles. The molecular weight excluding hydrogens is 236 g/mol. The SMILES string of the molecule is CCCC(C(=O)O)C12CC3CC(C)(CC(C1)C3C)C2. The highest BCUT2D eigenvalue weighted by molar-refractivity contribution is 5.71. The first kappa shape index (κ1) is 13.5. The van der Waals surface area contributed by atoms with Crippen molar-refractivity contribution in [2.24, 2.45) is 34.5 Å². The number of carbonyl (C=O) groups is 1. The maximum absolute atomic E-state index is 11.8. The lowest BCUT2D eigenvalue weighted by Gasteiger charge is -2.65. The van der Waals surface area contributed by atoms with Gasteiger partial charge in [0.15, 0.2) is 0 Å². The van der Waals surface area contributed by atoms with Crippen LogP contribution in [0.15, 0.2) is 0 Å². The molecule has 4 bridgehead atoms. The van der Waals surface area contributed by atoms with Gasteiger partial charge in [0.05, 0.1) is 5.92 Å². The molecule has 0 aromatic heterocycles. The van der Waals surface area contributed by atoms with Crippen molar-refractivity contribution in [2.75, 3.05) is 0 Å². The van der Waals surface area contributed by atoms with E-state index >= 15 is 0 Å². The Morgan fingerprint density at radius 2 is 1.84 bits per heavy atom. The number of rotatable bonds is 4. The molecular formula is C17H28O2. The van der Waals surface area contributed by atoms with Crippen LogP contribution in [0.5, 0.6) is 0 Å². The van der Waals surface area contributed by atoms with E-state index in [2.05, 4.69) is 20.8 Å². The highest BCUT2D eigenvalue weighted by atomic mass is 16.4. The molecule has 4 aliphatic rings. The molecule has 0 aliphatic heterocycles. The molecule has 1 N–H and O–H groups in total. The maximum atomic E-state index is 11.8. The summed E-state index contributed by atoms with van der Waals surface area (Å²) in [6.07, 6.45) is 8.14. The zero-order chi connectivity index (χ0) is 13.8. The van der Waals surface area contributed by atoms with Gasteiger partial charge in [-0.2, -0.15) is 0 Å². The smallest absolute Gasteiger partial charge is 0.307 e. The molecule has 0 aromatic carbocycles. The maximum Gasteiger partial charge on any atom is 0.307 e. The second-order valence-electron chi connectivity index (χ2n) is 8.23. The molecule has 0 amide bonds. The van der Waals surface area contributed by atoms with Gasteiger partial charge in [-0.05, 0) is 67.1 Å². The van der Waals surface area contributed by atoms with Gasteiger partial charge in [-0.25, -0.2) is 0 Å². The molecule has 4 aliphatic carbocycles. The van der Waals surface area contributed by atoms with Crippen molar-refractivity contribution in [3.8, 4) is 0 Å². The van der Waals surface area contributed by atoms with Gasteiger partial charge in [0.1, 0.15) is 0 Å². The molecule has 0 spiro atoms. The Bertz CT molecular complexity index is 371. The third-order valence-electron chi connectivity index (χ3n) is 6.73. The molecule has 2 heteroatoms. The Labute approximate surface area is 117 Å². The molecule has 3 atom stereocenters. The van der Waals surface area contributed by atoms with Crippen LogP contribution in [0, 0.1) is 34.5 Å². The van der Waals surface area contributed by atoms with E-state index in [1.165, 1.54) is 32.1 Å². The second kappa shape index (κ2) is 4.23. The summed E-state index contributed by atoms with van der Waals surface area (Å²) in [5.74, 6) is 1.81. The molecule has 0 radical (unpaired) electrons. The molecule has 4 rings (SSSR count). The Kier molecular flexibility index (Phi) is 3.00. The Morgan fingerprint density at radius 3 is 2.32 bits per heavy atom. The summed E-state index contributed by atoms with van der Waals surface area (Å²) in [5.41, 5.74) is 0.578. The minimum atomic E-state index is -0.528. The van der Waals surface area contributed by atoms with Gasteiger partial charge in [-0.15, -0.1) is 0 Å². The topological polar surface area (TPSA) is 37.3 Å². The predicted molar refractivity (Wildman–Crippen MR) is 75.8 cm³/mol. The van der Waals surface area contributed by atoms with E-state index in [-0.39, 0.29) is 11.3 Å². The summed E-state index contributed by atoms with van der Waals surface area (Å²) >= 11 is 0. The van der Waals surface area contributed by atoms with Crippen LogP contribution in [0.4, 0.5) is 0 Å². The fourth-order valence-corrected chi connectivity index (χ4v) is 6.28. The Morgan fingerprint density at radius 1 is 1.26 bits per heavy atom. The molecule has 0 heterocycles. The summed E-state index contributed by atoms with van der Waals surface area (Å²) in [7, 11) is 0. The molecule has 2 nitrogen and oxygen atoms in total. The summed E-state index contributed by atoms with van der Waals surface area (Å²) in [5, 5.41) is 9.71. The van der Waals surface area contributed by atoms with E-state index < -0.39 is 5.97 Å². The highest BCUT2D eigenvalue weighted by Crippen LogP contribution is 2.69. The molecule has 4 fully saturated rings. The minimum Gasteiger partial charge on any atom is -0.481 e. The van der Waals surface area contributed by atoms with Crippen molar-refractivity contribution in [3.05, 3.63) is 0 Å². The van der Waals surface area contributed by atoms with Crippen LogP contribution < -0.4 is 0 Å². The number of hydrogen-bond donors (Lipinski definition) is 1. The first-order chi connectivity index (χ1) is 8.89. The fraction of sp³-hybridized carbons (Fsp3) is 0.941. The third kappa shape index (κ3) is 1.94. The summed E-state index contributed by atoms with van der Waals surface area (Å²) in [6.45, 7) is 6.97. The van der Waals surface area contributed by atoms with Crippen molar-refractivity contribution in [2.45, 2.75) is 65.7 Å². The number of aliphatic carboxylic acids is 1. The van der Waals surface area contributed by atoms with Crippen LogP contribution in [0.3, 0.4) is 0 Å².